The maximum absolute atomic E-state index is 11.8. The first kappa shape index (κ1) is 16.8. The first-order valence-corrected chi connectivity index (χ1v) is 7.18. The zero-order valence-corrected chi connectivity index (χ0v) is 12.7. The Hall–Kier alpha value is -1.24. The number of carbonyl (C=O) groups excluding carboxylic acids is 2. The second kappa shape index (κ2) is 8.84. The summed E-state index contributed by atoms with van der Waals surface area (Å²) in [5, 5.41) is -0.0901. The Morgan fingerprint density at radius 2 is 2.10 bits per heavy atom. The minimum absolute atomic E-state index is 0.299. The third-order valence-corrected chi connectivity index (χ3v) is 3.04. The summed E-state index contributed by atoms with van der Waals surface area (Å²) in [5.41, 5.74) is 0.299. The van der Waals surface area contributed by atoms with Crippen molar-refractivity contribution in [1.82, 2.24) is 0 Å². The number of halogens is 1. The third kappa shape index (κ3) is 6.27. The molecule has 0 aliphatic carbocycles. The van der Waals surface area contributed by atoms with Crippen LogP contribution in [0.4, 0.5) is 4.79 Å². The van der Waals surface area contributed by atoms with Crippen LogP contribution in [0.2, 0.25) is 5.02 Å². The highest BCUT2D eigenvalue weighted by atomic mass is 35.5. The predicted octanol–water partition coefficient (Wildman–Crippen LogP) is 3.36. The number of hydrogen-bond acceptors (Lipinski definition) is 6. The van der Waals surface area contributed by atoms with Gasteiger partial charge in [-0.3, -0.25) is 0 Å². The molecular formula is C13H15ClO5S. The molecule has 0 aliphatic rings. The molecule has 0 bridgehead atoms. The van der Waals surface area contributed by atoms with Crippen LogP contribution in [0.3, 0.4) is 0 Å². The second-order valence-corrected chi connectivity index (χ2v) is 5.16. The van der Waals surface area contributed by atoms with Gasteiger partial charge in [-0.2, -0.15) is 0 Å². The molecule has 0 spiro atoms. The SMILES string of the molecule is COCCSC(=O)OC(C)OC(=O)c1cccc(Cl)c1. The topological polar surface area (TPSA) is 61.8 Å². The molecule has 0 amide bonds. The number of carbonyl (C=O) groups is 2. The summed E-state index contributed by atoms with van der Waals surface area (Å²) in [6.45, 7) is 1.91. The molecule has 1 atom stereocenters. The molecular weight excluding hydrogens is 304 g/mol. The van der Waals surface area contributed by atoms with Gasteiger partial charge in [0, 0.05) is 24.8 Å². The van der Waals surface area contributed by atoms with Crippen LogP contribution in [0.1, 0.15) is 17.3 Å². The lowest BCUT2D eigenvalue weighted by molar-refractivity contribution is -0.0526. The van der Waals surface area contributed by atoms with Crippen molar-refractivity contribution in [3.8, 4) is 0 Å². The zero-order chi connectivity index (χ0) is 15.0. The number of hydrogen-bond donors (Lipinski definition) is 0. The lowest BCUT2D eigenvalue weighted by atomic mass is 10.2. The molecule has 0 heterocycles. The molecule has 110 valence electrons. The predicted molar refractivity (Wildman–Crippen MR) is 77.1 cm³/mol. The van der Waals surface area contributed by atoms with Gasteiger partial charge in [0.2, 0.25) is 6.29 Å². The molecule has 1 rings (SSSR count). The van der Waals surface area contributed by atoms with Crippen LogP contribution >= 0.6 is 23.4 Å². The van der Waals surface area contributed by atoms with Crippen LogP contribution in [-0.4, -0.2) is 37.0 Å². The van der Waals surface area contributed by atoms with E-state index >= 15 is 0 Å². The number of rotatable bonds is 6. The quantitative estimate of drug-likeness (QED) is 0.455. The fourth-order valence-electron chi connectivity index (χ4n) is 1.24. The van der Waals surface area contributed by atoms with Gasteiger partial charge < -0.3 is 14.2 Å². The van der Waals surface area contributed by atoms with Crippen molar-refractivity contribution in [2.24, 2.45) is 0 Å². The number of thioether (sulfide) groups is 1. The Labute approximate surface area is 126 Å². The van der Waals surface area contributed by atoms with Gasteiger partial charge in [-0.1, -0.05) is 17.7 Å². The van der Waals surface area contributed by atoms with Crippen LogP contribution in [0, 0.1) is 0 Å². The molecule has 1 aromatic rings. The summed E-state index contributed by atoms with van der Waals surface area (Å²) in [4.78, 5) is 23.1. The van der Waals surface area contributed by atoms with Crippen molar-refractivity contribution in [3.05, 3.63) is 34.9 Å². The third-order valence-electron chi connectivity index (χ3n) is 2.10. The van der Waals surface area contributed by atoms with E-state index in [2.05, 4.69) is 0 Å². The van der Waals surface area contributed by atoms with Gasteiger partial charge in [-0.25, -0.2) is 9.59 Å². The van der Waals surface area contributed by atoms with E-state index in [1.807, 2.05) is 0 Å². The van der Waals surface area contributed by atoms with E-state index in [4.69, 9.17) is 25.8 Å². The Bertz CT molecular complexity index is 466. The van der Waals surface area contributed by atoms with Gasteiger partial charge in [-0.15, -0.1) is 0 Å². The van der Waals surface area contributed by atoms with Gasteiger partial charge in [0.1, 0.15) is 0 Å². The highest BCUT2D eigenvalue weighted by molar-refractivity contribution is 8.13. The van der Waals surface area contributed by atoms with E-state index in [-0.39, 0.29) is 0 Å². The van der Waals surface area contributed by atoms with Crippen molar-refractivity contribution < 1.29 is 23.8 Å². The summed E-state index contributed by atoms with van der Waals surface area (Å²) in [6.07, 6.45) is -0.968. The maximum atomic E-state index is 11.8. The molecule has 1 unspecified atom stereocenters. The minimum Gasteiger partial charge on any atom is -0.422 e. The van der Waals surface area contributed by atoms with Gasteiger partial charge in [0.25, 0.3) is 0 Å². The molecule has 0 N–H and O–H groups in total. The smallest absolute Gasteiger partial charge is 0.370 e. The Morgan fingerprint density at radius 3 is 2.75 bits per heavy atom. The number of methoxy groups -OCH3 is 1. The summed E-state index contributed by atoms with van der Waals surface area (Å²) in [6, 6.07) is 6.33. The lowest BCUT2D eigenvalue weighted by Gasteiger charge is -2.13. The number of ether oxygens (including phenoxy) is 3. The van der Waals surface area contributed by atoms with Crippen LogP contribution < -0.4 is 0 Å². The number of esters is 1. The molecule has 0 radical (unpaired) electrons. The van der Waals surface area contributed by atoms with Gasteiger partial charge in [0.15, 0.2) is 0 Å². The van der Waals surface area contributed by atoms with Crippen molar-refractivity contribution in [2.75, 3.05) is 19.5 Å². The Balaban J connectivity index is 2.40. The minimum atomic E-state index is -0.968. The molecule has 5 nitrogen and oxygen atoms in total. The van der Waals surface area contributed by atoms with E-state index in [0.29, 0.717) is 22.9 Å². The van der Waals surface area contributed by atoms with E-state index in [9.17, 15) is 9.59 Å². The lowest BCUT2D eigenvalue weighted by Crippen LogP contribution is -2.20. The Morgan fingerprint density at radius 1 is 1.35 bits per heavy atom. The van der Waals surface area contributed by atoms with Crippen molar-refractivity contribution >= 4 is 34.6 Å². The Kier molecular flexibility index (Phi) is 7.43. The van der Waals surface area contributed by atoms with Crippen LogP contribution in [0.25, 0.3) is 0 Å². The van der Waals surface area contributed by atoms with Crippen molar-refractivity contribution in [2.45, 2.75) is 13.2 Å². The highest BCUT2D eigenvalue weighted by Crippen LogP contribution is 2.14. The maximum Gasteiger partial charge on any atom is 0.370 e. The van der Waals surface area contributed by atoms with Gasteiger partial charge in [0.05, 0.1) is 12.2 Å². The number of benzene rings is 1. The molecule has 0 aliphatic heterocycles. The molecule has 1 aromatic carbocycles. The fraction of sp³-hybridized carbons (Fsp3) is 0.385. The molecule has 0 fully saturated rings. The first-order valence-electron chi connectivity index (χ1n) is 5.82. The van der Waals surface area contributed by atoms with Gasteiger partial charge in [-0.05, 0) is 30.0 Å². The van der Waals surface area contributed by atoms with Crippen LogP contribution in [0.15, 0.2) is 24.3 Å². The largest absolute Gasteiger partial charge is 0.422 e. The average Bonchev–Trinajstić information content (AvgIpc) is 2.38. The van der Waals surface area contributed by atoms with E-state index in [0.717, 1.165) is 11.8 Å². The standard InChI is InChI=1S/C13H15ClO5S/c1-9(19-13(16)20-7-6-17-2)18-12(15)10-4-3-5-11(14)8-10/h3-5,8-9H,6-7H2,1-2H3. The summed E-state index contributed by atoms with van der Waals surface area (Å²) < 4.78 is 14.7. The second-order valence-electron chi connectivity index (χ2n) is 3.69. The van der Waals surface area contributed by atoms with Crippen molar-refractivity contribution in [1.29, 1.82) is 0 Å². The van der Waals surface area contributed by atoms with Crippen LogP contribution in [0.5, 0.6) is 0 Å². The van der Waals surface area contributed by atoms with Gasteiger partial charge >= 0.3 is 11.3 Å². The normalized spacial score (nSPS) is 11.8. The molecule has 7 heteroatoms. The van der Waals surface area contributed by atoms with Crippen molar-refractivity contribution in [3.63, 3.8) is 0 Å². The highest BCUT2D eigenvalue weighted by Gasteiger charge is 2.16. The van der Waals surface area contributed by atoms with E-state index in [1.54, 1.807) is 25.3 Å². The van der Waals surface area contributed by atoms with E-state index in [1.165, 1.54) is 13.0 Å². The summed E-state index contributed by atoms with van der Waals surface area (Å²) in [7, 11) is 1.54. The molecule has 0 aromatic heterocycles. The molecule has 0 saturated heterocycles. The first-order chi connectivity index (χ1) is 9.52. The molecule has 20 heavy (non-hydrogen) atoms. The fourth-order valence-corrected chi connectivity index (χ4v) is 2.05. The summed E-state index contributed by atoms with van der Waals surface area (Å²) >= 11 is 6.73. The monoisotopic (exact) mass is 318 g/mol. The van der Waals surface area contributed by atoms with E-state index < -0.39 is 17.6 Å². The van der Waals surface area contributed by atoms with Crippen LogP contribution in [-0.2, 0) is 14.2 Å². The molecule has 0 saturated carbocycles. The average molecular weight is 319 g/mol. The zero-order valence-electron chi connectivity index (χ0n) is 11.1. The summed E-state index contributed by atoms with van der Waals surface area (Å²) in [5.74, 6) is -0.126.